The highest BCUT2D eigenvalue weighted by atomic mass is 35.5. The van der Waals surface area contributed by atoms with Crippen molar-refractivity contribution in [1.29, 1.82) is 0 Å². The Balaban J connectivity index is 2.48. The van der Waals surface area contributed by atoms with E-state index in [1.54, 1.807) is 6.33 Å². The molecule has 17 heavy (non-hydrogen) atoms. The fourth-order valence-corrected chi connectivity index (χ4v) is 2.92. The molecule has 0 radical (unpaired) electrons. The predicted octanol–water partition coefficient (Wildman–Crippen LogP) is 3.63. The molecule has 1 aliphatic heterocycles. The molecular formula is C13H20ClN3. The minimum absolute atomic E-state index is 0.168. The van der Waals surface area contributed by atoms with Gasteiger partial charge in [-0.1, -0.05) is 25.4 Å². The van der Waals surface area contributed by atoms with Gasteiger partial charge in [-0.15, -0.1) is 0 Å². The summed E-state index contributed by atoms with van der Waals surface area (Å²) in [5, 5.41) is 0.590. The molecule has 0 bridgehead atoms. The maximum absolute atomic E-state index is 6.22. The van der Waals surface area contributed by atoms with Crippen molar-refractivity contribution in [3.05, 3.63) is 17.0 Å². The summed E-state index contributed by atoms with van der Waals surface area (Å²) in [6.45, 7) is 9.86. The number of hydrogen-bond donors (Lipinski definition) is 0. The van der Waals surface area contributed by atoms with Crippen LogP contribution in [-0.2, 0) is 0 Å². The summed E-state index contributed by atoms with van der Waals surface area (Å²) in [6.07, 6.45) is 3.98. The Labute approximate surface area is 108 Å². The number of aromatic nitrogens is 2. The van der Waals surface area contributed by atoms with Crippen molar-refractivity contribution >= 4 is 17.4 Å². The largest absolute Gasteiger partial charge is 0.351 e. The van der Waals surface area contributed by atoms with Crippen LogP contribution in [0.15, 0.2) is 6.33 Å². The van der Waals surface area contributed by atoms with Gasteiger partial charge in [-0.3, -0.25) is 0 Å². The van der Waals surface area contributed by atoms with Crippen molar-refractivity contribution in [2.24, 2.45) is 0 Å². The van der Waals surface area contributed by atoms with Gasteiger partial charge in [0.2, 0.25) is 0 Å². The maximum Gasteiger partial charge on any atom is 0.138 e. The molecule has 2 heterocycles. The molecular weight excluding hydrogens is 234 g/mol. The average Bonchev–Trinajstić information content (AvgIpc) is 2.57. The molecule has 1 aromatic rings. The Kier molecular flexibility index (Phi) is 3.30. The lowest BCUT2D eigenvalue weighted by Crippen LogP contribution is -2.39. The first kappa shape index (κ1) is 12.6. The molecule has 0 spiro atoms. The topological polar surface area (TPSA) is 29.0 Å². The number of hydrogen-bond acceptors (Lipinski definition) is 3. The Morgan fingerprint density at radius 2 is 2.06 bits per heavy atom. The third kappa shape index (κ3) is 2.25. The van der Waals surface area contributed by atoms with E-state index in [1.165, 1.54) is 12.8 Å². The maximum atomic E-state index is 6.22. The van der Waals surface area contributed by atoms with Gasteiger partial charge in [0.1, 0.15) is 17.3 Å². The van der Waals surface area contributed by atoms with E-state index in [1.807, 2.05) is 0 Å². The second-order valence-electron chi connectivity index (χ2n) is 5.62. The molecule has 1 aliphatic rings. The molecule has 1 fully saturated rings. The lowest BCUT2D eigenvalue weighted by molar-refractivity contribution is 0.511. The first-order chi connectivity index (χ1) is 7.93. The zero-order chi connectivity index (χ0) is 12.6. The Morgan fingerprint density at radius 1 is 1.35 bits per heavy atom. The van der Waals surface area contributed by atoms with E-state index in [0.717, 1.165) is 17.9 Å². The molecule has 0 N–H and O–H groups in total. The monoisotopic (exact) mass is 253 g/mol. The second kappa shape index (κ2) is 4.45. The number of rotatable bonds is 2. The van der Waals surface area contributed by atoms with E-state index in [0.29, 0.717) is 11.1 Å². The fourth-order valence-electron chi connectivity index (χ4n) is 2.58. The quantitative estimate of drug-likeness (QED) is 0.754. The van der Waals surface area contributed by atoms with Crippen molar-refractivity contribution in [3.63, 3.8) is 0 Å². The van der Waals surface area contributed by atoms with E-state index in [2.05, 4.69) is 42.6 Å². The van der Waals surface area contributed by atoms with Gasteiger partial charge in [0, 0.05) is 17.6 Å². The number of halogens is 1. The van der Waals surface area contributed by atoms with Crippen molar-refractivity contribution in [1.82, 2.24) is 9.97 Å². The number of nitrogens with zero attached hydrogens (tertiary/aromatic N) is 3. The summed E-state index contributed by atoms with van der Waals surface area (Å²) >= 11 is 6.22. The molecule has 0 aromatic carbocycles. The molecule has 3 nitrogen and oxygen atoms in total. The molecule has 0 amide bonds. The Bertz CT molecular complexity index is 415. The lowest BCUT2D eigenvalue weighted by Gasteiger charge is -2.34. The minimum Gasteiger partial charge on any atom is -0.351 e. The van der Waals surface area contributed by atoms with E-state index >= 15 is 0 Å². The van der Waals surface area contributed by atoms with Crippen LogP contribution in [0, 0.1) is 0 Å². The zero-order valence-corrected chi connectivity index (χ0v) is 11.8. The molecule has 0 unspecified atom stereocenters. The van der Waals surface area contributed by atoms with Gasteiger partial charge in [-0.25, -0.2) is 9.97 Å². The lowest BCUT2D eigenvalue weighted by atomic mass is 10.00. The SMILES string of the molecule is CC(C)c1c(Cl)ncnc1N1CCCC1(C)C. The van der Waals surface area contributed by atoms with E-state index in [4.69, 9.17) is 11.6 Å². The second-order valence-corrected chi connectivity index (χ2v) is 5.98. The van der Waals surface area contributed by atoms with E-state index in [9.17, 15) is 0 Å². The first-order valence-electron chi connectivity index (χ1n) is 6.21. The van der Waals surface area contributed by atoms with Gasteiger partial charge >= 0.3 is 0 Å². The third-order valence-electron chi connectivity index (χ3n) is 3.55. The van der Waals surface area contributed by atoms with Crippen LogP contribution >= 0.6 is 11.6 Å². The van der Waals surface area contributed by atoms with Gasteiger partial charge < -0.3 is 4.90 Å². The highest BCUT2D eigenvalue weighted by molar-refractivity contribution is 6.30. The Morgan fingerprint density at radius 3 is 2.59 bits per heavy atom. The van der Waals surface area contributed by atoms with E-state index in [-0.39, 0.29) is 5.54 Å². The third-order valence-corrected chi connectivity index (χ3v) is 3.85. The van der Waals surface area contributed by atoms with Crippen LogP contribution in [-0.4, -0.2) is 22.1 Å². The normalized spacial score (nSPS) is 19.1. The van der Waals surface area contributed by atoms with Crippen LogP contribution in [0.2, 0.25) is 5.15 Å². The van der Waals surface area contributed by atoms with Crippen LogP contribution in [0.4, 0.5) is 5.82 Å². The summed E-state index contributed by atoms with van der Waals surface area (Å²) in [4.78, 5) is 10.9. The Hall–Kier alpha value is -0.830. The summed E-state index contributed by atoms with van der Waals surface area (Å²) < 4.78 is 0. The van der Waals surface area contributed by atoms with Crippen LogP contribution in [0.5, 0.6) is 0 Å². The fraction of sp³-hybridized carbons (Fsp3) is 0.692. The summed E-state index contributed by atoms with van der Waals surface area (Å²) in [5.41, 5.74) is 1.24. The summed E-state index contributed by atoms with van der Waals surface area (Å²) in [7, 11) is 0. The summed E-state index contributed by atoms with van der Waals surface area (Å²) in [5.74, 6) is 1.36. The van der Waals surface area contributed by atoms with Crippen LogP contribution in [0.3, 0.4) is 0 Å². The molecule has 0 saturated carbocycles. The van der Waals surface area contributed by atoms with Gasteiger partial charge in [0.05, 0.1) is 0 Å². The van der Waals surface area contributed by atoms with E-state index < -0.39 is 0 Å². The van der Waals surface area contributed by atoms with Crippen molar-refractivity contribution in [2.75, 3.05) is 11.4 Å². The highest BCUT2D eigenvalue weighted by Crippen LogP contribution is 2.38. The standard InChI is InChI=1S/C13H20ClN3/c1-9(2)10-11(14)15-8-16-12(10)17-7-5-6-13(17,3)4/h8-9H,5-7H2,1-4H3. The van der Waals surface area contributed by atoms with Crippen molar-refractivity contribution < 1.29 is 0 Å². The zero-order valence-electron chi connectivity index (χ0n) is 11.0. The predicted molar refractivity (Wildman–Crippen MR) is 71.8 cm³/mol. The van der Waals surface area contributed by atoms with Crippen LogP contribution in [0.25, 0.3) is 0 Å². The van der Waals surface area contributed by atoms with Crippen LogP contribution in [0.1, 0.15) is 52.0 Å². The molecule has 0 aliphatic carbocycles. The van der Waals surface area contributed by atoms with Gasteiger partial charge in [-0.05, 0) is 32.6 Å². The molecule has 2 rings (SSSR count). The molecule has 1 aromatic heterocycles. The van der Waals surface area contributed by atoms with Crippen molar-refractivity contribution in [2.45, 2.75) is 52.0 Å². The van der Waals surface area contributed by atoms with Crippen molar-refractivity contribution in [3.8, 4) is 0 Å². The minimum atomic E-state index is 0.168. The molecule has 1 saturated heterocycles. The number of anilines is 1. The average molecular weight is 254 g/mol. The molecule has 0 atom stereocenters. The van der Waals surface area contributed by atoms with Crippen LogP contribution < -0.4 is 4.90 Å². The smallest absolute Gasteiger partial charge is 0.138 e. The molecule has 94 valence electrons. The first-order valence-corrected chi connectivity index (χ1v) is 6.59. The van der Waals surface area contributed by atoms with Gasteiger partial charge in [0.25, 0.3) is 0 Å². The molecule has 4 heteroatoms. The summed E-state index contributed by atoms with van der Waals surface area (Å²) in [6, 6.07) is 0. The highest BCUT2D eigenvalue weighted by Gasteiger charge is 2.34. The van der Waals surface area contributed by atoms with Gasteiger partial charge in [0.15, 0.2) is 0 Å². The van der Waals surface area contributed by atoms with Gasteiger partial charge in [-0.2, -0.15) is 0 Å².